The molecule has 2 heterocycles. The van der Waals surface area contributed by atoms with E-state index in [1.165, 1.54) is 5.56 Å². The highest BCUT2D eigenvalue weighted by molar-refractivity contribution is 5.90. The Labute approximate surface area is 135 Å². The number of nitrogens with zero attached hydrogens (tertiary/aromatic N) is 3. The zero-order chi connectivity index (χ0) is 15.0. The smallest absolute Gasteiger partial charge is 0.224 e. The summed E-state index contributed by atoms with van der Waals surface area (Å²) in [6, 6.07) is 10.3. The van der Waals surface area contributed by atoms with E-state index in [9.17, 15) is 0 Å². The SMILES string of the molecule is Cc1nc2nc(N)nc(N)c2c(C)c1Cc1ccccc1.Cl. The molecule has 0 radical (unpaired) electrons. The Morgan fingerprint density at radius 1 is 0.955 bits per heavy atom. The molecule has 0 fully saturated rings. The molecule has 1 aromatic carbocycles. The van der Waals surface area contributed by atoms with Gasteiger partial charge in [0.1, 0.15) is 5.82 Å². The van der Waals surface area contributed by atoms with Gasteiger partial charge in [-0.1, -0.05) is 30.3 Å². The fourth-order valence-electron chi connectivity index (χ4n) is 2.63. The van der Waals surface area contributed by atoms with Crippen LogP contribution in [-0.4, -0.2) is 15.0 Å². The molecule has 0 aliphatic rings. The molecule has 0 saturated heterocycles. The summed E-state index contributed by atoms with van der Waals surface area (Å²) in [6.07, 6.45) is 0.811. The average molecular weight is 316 g/mol. The van der Waals surface area contributed by atoms with E-state index in [4.69, 9.17) is 11.5 Å². The van der Waals surface area contributed by atoms with Crippen LogP contribution in [0.3, 0.4) is 0 Å². The van der Waals surface area contributed by atoms with Crippen LogP contribution in [0, 0.1) is 13.8 Å². The molecule has 0 aliphatic carbocycles. The highest BCUT2D eigenvalue weighted by atomic mass is 35.5. The van der Waals surface area contributed by atoms with E-state index in [1.807, 2.05) is 32.0 Å². The van der Waals surface area contributed by atoms with E-state index >= 15 is 0 Å². The van der Waals surface area contributed by atoms with Gasteiger partial charge in [-0.2, -0.15) is 9.97 Å². The number of halogens is 1. The van der Waals surface area contributed by atoms with E-state index in [-0.39, 0.29) is 18.4 Å². The van der Waals surface area contributed by atoms with Crippen molar-refractivity contribution >= 4 is 35.2 Å². The van der Waals surface area contributed by atoms with Crippen LogP contribution in [0.15, 0.2) is 30.3 Å². The van der Waals surface area contributed by atoms with Crippen molar-refractivity contribution < 1.29 is 0 Å². The zero-order valence-corrected chi connectivity index (χ0v) is 13.3. The van der Waals surface area contributed by atoms with Crippen LogP contribution < -0.4 is 11.5 Å². The molecule has 5 nitrogen and oxygen atoms in total. The summed E-state index contributed by atoms with van der Waals surface area (Å²) in [5, 5.41) is 0.792. The Morgan fingerprint density at radius 2 is 1.64 bits per heavy atom. The molecule has 0 unspecified atom stereocenters. The summed E-state index contributed by atoms with van der Waals surface area (Å²) in [7, 11) is 0. The molecule has 22 heavy (non-hydrogen) atoms. The Balaban J connectivity index is 0.00000176. The minimum atomic E-state index is 0. The summed E-state index contributed by atoms with van der Waals surface area (Å²) in [4.78, 5) is 12.8. The highest BCUT2D eigenvalue weighted by Gasteiger charge is 2.14. The minimum Gasteiger partial charge on any atom is -0.383 e. The first kappa shape index (κ1) is 16.0. The number of nitrogen functional groups attached to an aromatic ring is 2. The predicted molar refractivity (Wildman–Crippen MR) is 92.1 cm³/mol. The van der Waals surface area contributed by atoms with Gasteiger partial charge in [0.15, 0.2) is 5.65 Å². The fourth-order valence-corrected chi connectivity index (χ4v) is 2.63. The second kappa shape index (κ2) is 6.15. The van der Waals surface area contributed by atoms with Crippen molar-refractivity contribution in [3.8, 4) is 0 Å². The van der Waals surface area contributed by atoms with E-state index in [1.54, 1.807) is 0 Å². The number of pyridine rings is 1. The maximum atomic E-state index is 6.00. The van der Waals surface area contributed by atoms with Crippen LogP contribution in [0.4, 0.5) is 11.8 Å². The van der Waals surface area contributed by atoms with Gasteiger partial charge in [0.2, 0.25) is 5.95 Å². The van der Waals surface area contributed by atoms with E-state index in [0.717, 1.165) is 28.6 Å². The van der Waals surface area contributed by atoms with Gasteiger partial charge in [-0.15, -0.1) is 12.4 Å². The Kier molecular flexibility index (Phi) is 4.47. The average Bonchev–Trinajstić information content (AvgIpc) is 2.43. The zero-order valence-electron chi connectivity index (χ0n) is 12.5. The third-order valence-corrected chi connectivity index (χ3v) is 3.70. The third kappa shape index (κ3) is 2.80. The van der Waals surface area contributed by atoms with Crippen LogP contribution in [0.2, 0.25) is 0 Å². The first-order valence-corrected chi connectivity index (χ1v) is 6.79. The molecule has 2 aromatic heterocycles. The van der Waals surface area contributed by atoms with Crippen molar-refractivity contribution in [3.63, 3.8) is 0 Å². The van der Waals surface area contributed by atoms with Gasteiger partial charge in [-0.05, 0) is 37.0 Å². The molecule has 0 saturated carbocycles. The van der Waals surface area contributed by atoms with Crippen molar-refractivity contribution in [1.29, 1.82) is 0 Å². The maximum Gasteiger partial charge on any atom is 0.224 e. The van der Waals surface area contributed by atoms with Crippen molar-refractivity contribution in [3.05, 3.63) is 52.7 Å². The standard InChI is InChI=1S/C16H17N5.ClH/c1-9-12(8-11-6-4-3-5-7-11)10(2)19-15-13(9)14(17)20-16(18)21-15;/h3-7H,8H2,1-2H3,(H4,17,18,19,20,21);1H. The first-order chi connectivity index (χ1) is 10.1. The number of hydrogen-bond acceptors (Lipinski definition) is 5. The molecule has 0 amide bonds. The van der Waals surface area contributed by atoms with Gasteiger partial charge in [0, 0.05) is 5.69 Å². The number of aryl methyl sites for hydroxylation is 2. The Bertz CT molecular complexity index is 818. The first-order valence-electron chi connectivity index (χ1n) is 6.79. The lowest BCUT2D eigenvalue weighted by atomic mass is 9.97. The number of nitrogens with two attached hydrogens (primary N) is 2. The lowest BCUT2D eigenvalue weighted by Gasteiger charge is -2.13. The van der Waals surface area contributed by atoms with Crippen molar-refractivity contribution in [2.24, 2.45) is 0 Å². The number of benzene rings is 1. The van der Waals surface area contributed by atoms with Gasteiger partial charge in [0.25, 0.3) is 0 Å². The molecule has 114 valence electrons. The topological polar surface area (TPSA) is 90.7 Å². The van der Waals surface area contributed by atoms with Crippen LogP contribution in [0.25, 0.3) is 11.0 Å². The molecular weight excluding hydrogens is 298 g/mol. The van der Waals surface area contributed by atoms with E-state index < -0.39 is 0 Å². The fraction of sp³-hybridized carbons (Fsp3) is 0.188. The molecule has 0 bridgehead atoms. The summed E-state index contributed by atoms with van der Waals surface area (Å²) in [5.74, 6) is 0.541. The second-order valence-electron chi connectivity index (χ2n) is 5.13. The van der Waals surface area contributed by atoms with Crippen LogP contribution >= 0.6 is 12.4 Å². The lowest BCUT2D eigenvalue weighted by Crippen LogP contribution is -2.07. The molecule has 6 heteroatoms. The monoisotopic (exact) mass is 315 g/mol. The molecule has 3 rings (SSSR count). The Morgan fingerprint density at radius 3 is 2.32 bits per heavy atom. The normalized spacial score (nSPS) is 10.5. The molecular formula is C16H18ClN5. The lowest BCUT2D eigenvalue weighted by molar-refractivity contribution is 1.06. The van der Waals surface area contributed by atoms with Gasteiger partial charge >= 0.3 is 0 Å². The van der Waals surface area contributed by atoms with Crippen molar-refractivity contribution in [2.75, 3.05) is 11.5 Å². The van der Waals surface area contributed by atoms with Gasteiger partial charge in [-0.3, -0.25) is 0 Å². The molecule has 0 aliphatic heterocycles. The second-order valence-corrected chi connectivity index (χ2v) is 5.13. The van der Waals surface area contributed by atoms with Gasteiger partial charge in [0.05, 0.1) is 5.39 Å². The van der Waals surface area contributed by atoms with Crippen LogP contribution in [-0.2, 0) is 6.42 Å². The van der Waals surface area contributed by atoms with E-state index in [0.29, 0.717) is 11.5 Å². The summed E-state index contributed by atoms with van der Waals surface area (Å²) in [5.41, 5.74) is 16.6. The molecule has 3 aromatic rings. The number of anilines is 2. The van der Waals surface area contributed by atoms with Crippen molar-refractivity contribution in [1.82, 2.24) is 15.0 Å². The van der Waals surface area contributed by atoms with Crippen LogP contribution in [0.5, 0.6) is 0 Å². The number of fused-ring (bicyclic) bond motifs is 1. The Hall–Kier alpha value is -2.40. The maximum absolute atomic E-state index is 6.00. The van der Waals surface area contributed by atoms with Gasteiger partial charge in [-0.25, -0.2) is 4.98 Å². The summed E-state index contributed by atoms with van der Waals surface area (Å²) >= 11 is 0. The van der Waals surface area contributed by atoms with Gasteiger partial charge < -0.3 is 11.5 Å². The molecule has 0 spiro atoms. The molecule has 0 atom stereocenters. The highest BCUT2D eigenvalue weighted by Crippen LogP contribution is 2.27. The minimum absolute atomic E-state index is 0. The van der Waals surface area contributed by atoms with Crippen molar-refractivity contribution in [2.45, 2.75) is 20.3 Å². The number of rotatable bonds is 2. The summed E-state index contributed by atoms with van der Waals surface area (Å²) < 4.78 is 0. The third-order valence-electron chi connectivity index (χ3n) is 3.70. The van der Waals surface area contributed by atoms with Crippen LogP contribution in [0.1, 0.15) is 22.4 Å². The summed E-state index contributed by atoms with van der Waals surface area (Å²) in [6.45, 7) is 4.02. The number of hydrogen-bond donors (Lipinski definition) is 2. The molecule has 4 N–H and O–H groups in total. The largest absolute Gasteiger partial charge is 0.383 e. The predicted octanol–water partition coefficient (Wildman–Crippen LogP) is 2.82. The number of aromatic nitrogens is 3. The van der Waals surface area contributed by atoms with E-state index in [2.05, 4.69) is 27.1 Å². The quantitative estimate of drug-likeness (QED) is 0.758.